The van der Waals surface area contributed by atoms with Crippen molar-refractivity contribution in [1.82, 2.24) is 0 Å². The molecule has 2 heteroatoms. The van der Waals surface area contributed by atoms with Crippen LogP contribution in [0.1, 0.15) is 47.0 Å². The van der Waals surface area contributed by atoms with Crippen LogP contribution in [0.4, 0.5) is 0 Å². The van der Waals surface area contributed by atoms with E-state index in [0.29, 0.717) is 17.6 Å². The van der Waals surface area contributed by atoms with Crippen LogP contribution in [-0.4, -0.2) is 25.4 Å². The summed E-state index contributed by atoms with van der Waals surface area (Å²) < 4.78 is 11.3. The smallest absolute Gasteiger partial charge is 0.0622 e. The first-order valence-electron chi connectivity index (χ1n) is 5.70. The maximum atomic E-state index is 5.99. The van der Waals surface area contributed by atoms with Gasteiger partial charge >= 0.3 is 0 Å². The van der Waals surface area contributed by atoms with E-state index in [1.165, 1.54) is 0 Å². The van der Waals surface area contributed by atoms with Crippen LogP contribution in [0.15, 0.2) is 0 Å². The summed E-state index contributed by atoms with van der Waals surface area (Å²) in [5.74, 6) is 0. The Labute approximate surface area is 88.0 Å². The fourth-order valence-electron chi connectivity index (χ4n) is 2.05. The third-order valence-corrected chi connectivity index (χ3v) is 2.49. The predicted octanol–water partition coefficient (Wildman–Crippen LogP) is 3.01. The van der Waals surface area contributed by atoms with Gasteiger partial charge in [-0.2, -0.15) is 0 Å². The van der Waals surface area contributed by atoms with E-state index in [-0.39, 0.29) is 0 Å². The second-order valence-corrected chi connectivity index (χ2v) is 5.52. The predicted molar refractivity (Wildman–Crippen MR) is 58.5 cm³/mol. The van der Waals surface area contributed by atoms with Crippen molar-refractivity contribution < 1.29 is 9.47 Å². The van der Waals surface area contributed by atoms with E-state index in [9.17, 15) is 0 Å². The van der Waals surface area contributed by atoms with Gasteiger partial charge in [0.15, 0.2) is 0 Å². The number of hydrogen-bond acceptors (Lipinski definition) is 2. The zero-order valence-corrected chi connectivity index (χ0v) is 10.0. The quantitative estimate of drug-likeness (QED) is 0.697. The Balaban J connectivity index is 2.21. The maximum absolute atomic E-state index is 5.99. The Hall–Kier alpha value is -0.0800. The molecule has 0 spiro atoms. The lowest BCUT2D eigenvalue weighted by Gasteiger charge is -2.29. The lowest BCUT2D eigenvalue weighted by atomic mass is 9.89. The first-order chi connectivity index (χ1) is 6.47. The highest BCUT2D eigenvalue weighted by atomic mass is 16.5. The minimum absolute atomic E-state index is 0.366. The van der Waals surface area contributed by atoms with E-state index in [1.807, 2.05) is 0 Å². The van der Waals surface area contributed by atoms with Crippen LogP contribution in [0.25, 0.3) is 0 Å². The third kappa shape index (κ3) is 4.97. The van der Waals surface area contributed by atoms with E-state index in [1.54, 1.807) is 0 Å². The number of ether oxygens (including phenoxy) is 2. The molecular weight excluding hydrogens is 176 g/mol. The molecule has 0 aromatic rings. The summed E-state index contributed by atoms with van der Waals surface area (Å²) in [7, 11) is 0. The van der Waals surface area contributed by atoms with E-state index in [2.05, 4.69) is 27.7 Å². The monoisotopic (exact) mass is 200 g/mol. The van der Waals surface area contributed by atoms with Crippen LogP contribution >= 0.6 is 0 Å². The van der Waals surface area contributed by atoms with E-state index in [0.717, 1.165) is 32.5 Å². The second-order valence-electron chi connectivity index (χ2n) is 5.52. The SMILES string of the molecule is CC(CC(C)(C)C)OC1CCOCC1. The van der Waals surface area contributed by atoms with Crippen molar-refractivity contribution in [3.63, 3.8) is 0 Å². The van der Waals surface area contributed by atoms with Gasteiger partial charge in [0.2, 0.25) is 0 Å². The molecule has 1 atom stereocenters. The molecule has 0 amide bonds. The Bertz CT molecular complexity index is 154. The molecule has 0 bridgehead atoms. The molecule has 0 aromatic heterocycles. The van der Waals surface area contributed by atoms with Crippen LogP contribution in [0, 0.1) is 5.41 Å². The maximum Gasteiger partial charge on any atom is 0.0622 e. The highest BCUT2D eigenvalue weighted by Crippen LogP contribution is 2.24. The number of hydrogen-bond donors (Lipinski definition) is 0. The van der Waals surface area contributed by atoms with Crippen molar-refractivity contribution in [2.75, 3.05) is 13.2 Å². The lowest BCUT2D eigenvalue weighted by Crippen LogP contribution is -2.29. The van der Waals surface area contributed by atoms with Crippen molar-refractivity contribution in [3.05, 3.63) is 0 Å². The van der Waals surface area contributed by atoms with Gasteiger partial charge in [0.25, 0.3) is 0 Å². The Morgan fingerprint density at radius 3 is 2.36 bits per heavy atom. The summed E-state index contributed by atoms with van der Waals surface area (Å²) in [5, 5.41) is 0. The molecule has 0 aromatic carbocycles. The first kappa shape index (κ1) is 12.0. The normalized spacial score (nSPS) is 22.3. The average Bonchev–Trinajstić information content (AvgIpc) is 2.02. The molecular formula is C12H24O2. The summed E-state index contributed by atoms with van der Waals surface area (Å²) in [5.41, 5.74) is 0.366. The van der Waals surface area contributed by atoms with E-state index >= 15 is 0 Å². The van der Waals surface area contributed by atoms with Crippen LogP contribution < -0.4 is 0 Å². The molecule has 1 heterocycles. The minimum Gasteiger partial charge on any atom is -0.381 e. The summed E-state index contributed by atoms with van der Waals surface area (Å²) >= 11 is 0. The van der Waals surface area contributed by atoms with Gasteiger partial charge in [0.05, 0.1) is 12.2 Å². The van der Waals surface area contributed by atoms with Gasteiger partial charge in [0.1, 0.15) is 0 Å². The van der Waals surface area contributed by atoms with E-state index < -0.39 is 0 Å². The fraction of sp³-hybridized carbons (Fsp3) is 1.00. The van der Waals surface area contributed by atoms with E-state index in [4.69, 9.17) is 9.47 Å². The summed E-state index contributed by atoms with van der Waals surface area (Å²) in [6.07, 6.45) is 4.06. The topological polar surface area (TPSA) is 18.5 Å². The molecule has 2 nitrogen and oxygen atoms in total. The second kappa shape index (κ2) is 5.13. The molecule has 14 heavy (non-hydrogen) atoms. The average molecular weight is 200 g/mol. The van der Waals surface area contributed by atoms with Gasteiger partial charge in [-0.1, -0.05) is 20.8 Å². The largest absolute Gasteiger partial charge is 0.381 e. The Morgan fingerprint density at radius 1 is 1.29 bits per heavy atom. The van der Waals surface area contributed by atoms with Gasteiger partial charge in [0, 0.05) is 13.2 Å². The molecule has 1 unspecified atom stereocenters. The molecule has 84 valence electrons. The standard InChI is InChI=1S/C12H24O2/c1-10(9-12(2,3)4)14-11-5-7-13-8-6-11/h10-11H,5-9H2,1-4H3. The van der Waals surface area contributed by atoms with Crippen molar-refractivity contribution in [2.45, 2.75) is 59.2 Å². The molecule has 1 rings (SSSR count). The van der Waals surface area contributed by atoms with Gasteiger partial charge in [-0.3, -0.25) is 0 Å². The fourth-order valence-corrected chi connectivity index (χ4v) is 2.05. The van der Waals surface area contributed by atoms with Crippen LogP contribution in [0.2, 0.25) is 0 Å². The minimum atomic E-state index is 0.366. The van der Waals surface area contributed by atoms with Gasteiger partial charge in [-0.15, -0.1) is 0 Å². The lowest BCUT2D eigenvalue weighted by molar-refractivity contribution is -0.0719. The Morgan fingerprint density at radius 2 is 1.86 bits per heavy atom. The van der Waals surface area contributed by atoms with Gasteiger partial charge in [-0.25, -0.2) is 0 Å². The van der Waals surface area contributed by atoms with Gasteiger partial charge in [-0.05, 0) is 31.6 Å². The summed E-state index contributed by atoms with van der Waals surface area (Å²) in [4.78, 5) is 0. The molecule has 0 aliphatic carbocycles. The van der Waals surface area contributed by atoms with Crippen molar-refractivity contribution >= 4 is 0 Å². The molecule has 0 radical (unpaired) electrons. The van der Waals surface area contributed by atoms with Gasteiger partial charge < -0.3 is 9.47 Å². The molecule has 1 saturated heterocycles. The highest BCUT2D eigenvalue weighted by molar-refractivity contribution is 4.69. The zero-order valence-electron chi connectivity index (χ0n) is 10.0. The molecule has 0 saturated carbocycles. The highest BCUT2D eigenvalue weighted by Gasteiger charge is 2.20. The van der Waals surface area contributed by atoms with Crippen LogP contribution in [0.5, 0.6) is 0 Å². The molecule has 0 N–H and O–H groups in total. The number of rotatable bonds is 3. The van der Waals surface area contributed by atoms with Crippen molar-refractivity contribution in [2.24, 2.45) is 5.41 Å². The summed E-state index contributed by atoms with van der Waals surface area (Å²) in [6, 6.07) is 0. The Kier molecular flexibility index (Phi) is 4.39. The molecule has 1 aliphatic rings. The first-order valence-corrected chi connectivity index (χ1v) is 5.70. The molecule has 1 aliphatic heterocycles. The van der Waals surface area contributed by atoms with Crippen LogP contribution in [0.3, 0.4) is 0 Å². The van der Waals surface area contributed by atoms with Crippen LogP contribution in [-0.2, 0) is 9.47 Å². The molecule has 1 fully saturated rings. The summed E-state index contributed by atoms with van der Waals surface area (Å²) in [6.45, 7) is 10.7. The third-order valence-electron chi connectivity index (χ3n) is 2.49. The van der Waals surface area contributed by atoms with Crippen molar-refractivity contribution in [1.29, 1.82) is 0 Å². The zero-order chi connectivity index (χ0) is 10.6. The van der Waals surface area contributed by atoms with Crippen molar-refractivity contribution in [3.8, 4) is 0 Å².